The van der Waals surface area contributed by atoms with Gasteiger partial charge in [0.25, 0.3) is 0 Å². The number of halogens is 1. The van der Waals surface area contributed by atoms with Gasteiger partial charge in [-0.2, -0.15) is 0 Å². The predicted octanol–water partition coefficient (Wildman–Crippen LogP) is 3.61. The minimum atomic E-state index is 0.415. The Kier molecular flexibility index (Phi) is 3.01. The summed E-state index contributed by atoms with van der Waals surface area (Å²) in [6.45, 7) is 2.92. The van der Waals surface area contributed by atoms with Gasteiger partial charge >= 0.3 is 0 Å². The second-order valence-electron chi connectivity index (χ2n) is 5.09. The first-order chi connectivity index (χ1) is 8.25. The van der Waals surface area contributed by atoms with Crippen molar-refractivity contribution in [1.29, 1.82) is 0 Å². The predicted molar refractivity (Wildman–Crippen MR) is 69.8 cm³/mol. The van der Waals surface area contributed by atoms with Gasteiger partial charge in [-0.25, -0.2) is 0 Å². The first kappa shape index (κ1) is 11.4. The third kappa shape index (κ3) is 2.29. The molecule has 0 radical (unpaired) electrons. The summed E-state index contributed by atoms with van der Waals surface area (Å²) in [4.78, 5) is 0. The molecule has 1 aliphatic heterocycles. The molecule has 1 aromatic rings. The molecule has 1 atom stereocenters. The lowest BCUT2D eigenvalue weighted by Gasteiger charge is -2.21. The Morgan fingerprint density at radius 1 is 1.29 bits per heavy atom. The van der Waals surface area contributed by atoms with Gasteiger partial charge in [0.05, 0.1) is 11.6 Å². The number of hydrogen-bond donors (Lipinski definition) is 1. The van der Waals surface area contributed by atoms with E-state index in [0.29, 0.717) is 12.1 Å². The average Bonchev–Trinajstić information content (AvgIpc) is 3.12. The van der Waals surface area contributed by atoms with E-state index in [9.17, 15) is 0 Å². The van der Waals surface area contributed by atoms with Crippen LogP contribution in [0.25, 0.3) is 0 Å². The zero-order valence-electron chi connectivity index (χ0n) is 10.1. The number of benzene rings is 1. The van der Waals surface area contributed by atoms with Crippen LogP contribution in [0.1, 0.15) is 42.9 Å². The van der Waals surface area contributed by atoms with E-state index in [4.69, 9.17) is 16.3 Å². The Labute approximate surface area is 107 Å². The van der Waals surface area contributed by atoms with Crippen molar-refractivity contribution in [2.45, 2.75) is 44.7 Å². The first-order valence-corrected chi connectivity index (χ1v) is 6.81. The molecule has 0 spiro atoms. The summed E-state index contributed by atoms with van der Waals surface area (Å²) >= 11 is 6.25. The highest BCUT2D eigenvalue weighted by atomic mass is 35.5. The molecule has 17 heavy (non-hydrogen) atoms. The maximum absolute atomic E-state index is 6.25. The van der Waals surface area contributed by atoms with Gasteiger partial charge in [0.2, 0.25) is 0 Å². The maximum atomic E-state index is 6.25. The second kappa shape index (κ2) is 4.51. The summed E-state index contributed by atoms with van der Waals surface area (Å²) in [6, 6.07) is 5.16. The summed E-state index contributed by atoms with van der Waals surface area (Å²) in [6.07, 6.45) is 4.86. The molecular weight excluding hydrogens is 234 g/mol. The molecule has 0 saturated heterocycles. The van der Waals surface area contributed by atoms with Gasteiger partial charge in [0.1, 0.15) is 5.75 Å². The van der Waals surface area contributed by atoms with Crippen molar-refractivity contribution >= 4 is 11.6 Å². The van der Waals surface area contributed by atoms with Crippen molar-refractivity contribution in [3.05, 3.63) is 28.3 Å². The monoisotopic (exact) mass is 251 g/mol. The number of rotatable bonds is 2. The summed E-state index contributed by atoms with van der Waals surface area (Å²) in [5.74, 6) is 0.905. The molecule has 1 fully saturated rings. The van der Waals surface area contributed by atoms with Crippen LogP contribution in [0.5, 0.6) is 5.75 Å². The first-order valence-electron chi connectivity index (χ1n) is 6.43. The average molecular weight is 252 g/mol. The Hall–Kier alpha value is -0.730. The smallest absolute Gasteiger partial charge is 0.142 e. The molecule has 2 nitrogen and oxygen atoms in total. The van der Waals surface area contributed by atoms with Gasteiger partial charge in [0.15, 0.2) is 0 Å². The molecule has 1 aromatic carbocycles. The number of ether oxygens (including phenoxy) is 1. The summed E-state index contributed by atoms with van der Waals surface area (Å²) in [5.41, 5.74) is 2.56. The maximum Gasteiger partial charge on any atom is 0.142 e. The van der Waals surface area contributed by atoms with Crippen molar-refractivity contribution < 1.29 is 4.74 Å². The van der Waals surface area contributed by atoms with Crippen molar-refractivity contribution in [3.8, 4) is 5.75 Å². The van der Waals surface area contributed by atoms with E-state index in [1.54, 1.807) is 0 Å². The second-order valence-corrected chi connectivity index (χ2v) is 5.50. The van der Waals surface area contributed by atoms with E-state index < -0.39 is 0 Å². The lowest BCUT2D eigenvalue weighted by Crippen LogP contribution is -2.23. The largest absolute Gasteiger partial charge is 0.492 e. The van der Waals surface area contributed by atoms with E-state index in [1.165, 1.54) is 24.0 Å². The third-order valence-corrected chi connectivity index (χ3v) is 3.91. The van der Waals surface area contributed by atoms with E-state index in [1.807, 2.05) is 6.07 Å². The van der Waals surface area contributed by atoms with Crippen LogP contribution < -0.4 is 10.1 Å². The summed E-state index contributed by atoms with van der Waals surface area (Å²) in [5, 5.41) is 4.46. The van der Waals surface area contributed by atoms with E-state index in [-0.39, 0.29) is 0 Å². The van der Waals surface area contributed by atoms with Gasteiger partial charge in [-0.3, -0.25) is 0 Å². The molecule has 0 aromatic heterocycles. The molecule has 1 N–H and O–H groups in total. The Bertz CT molecular complexity index is 428. The number of nitrogens with one attached hydrogen (secondary N) is 1. The molecule has 1 heterocycles. The van der Waals surface area contributed by atoms with Crippen LogP contribution in [0.2, 0.25) is 5.02 Å². The minimum Gasteiger partial charge on any atom is -0.492 e. The van der Waals surface area contributed by atoms with Gasteiger partial charge in [0, 0.05) is 17.6 Å². The van der Waals surface area contributed by atoms with Gasteiger partial charge < -0.3 is 10.1 Å². The molecular formula is C14H18ClNO. The normalized spacial score (nSPS) is 23.8. The van der Waals surface area contributed by atoms with Crippen LogP contribution >= 0.6 is 11.6 Å². The summed E-state index contributed by atoms with van der Waals surface area (Å²) < 4.78 is 5.82. The zero-order valence-corrected chi connectivity index (χ0v) is 10.9. The fourth-order valence-electron chi connectivity index (χ4n) is 2.56. The molecule has 3 rings (SSSR count). The van der Waals surface area contributed by atoms with Crippen molar-refractivity contribution in [2.24, 2.45) is 0 Å². The number of aryl methyl sites for hydroxylation is 1. The molecule has 3 heteroatoms. The molecule has 1 unspecified atom stereocenters. The van der Waals surface area contributed by atoms with Gasteiger partial charge in [-0.1, -0.05) is 17.7 Å². The Balaban J connectivity index is 1.99. The highest BCUT2D eigenvalue weighted by Crippen LogP contribution is 2.40. The molecule has 1 aliphatic carbocycles. The van der Waals surface area contributed by atoms with Crippen LogP contribution in [0.4, 0.5) is 0 Å². The highest BCUT2D eigenvalue weighted by Gasteiger charge is 2.29. The van der Waals surface area contributed by atoms with Crippen LogP contribution in [0.3, 0.4) is 0 Å². The molecule has 1 saturated carbocycles. The van der Waals surface area contributed by atoms with Gasteiger partial charge in [-0.05, 0) is 44.2 Å². The molecule has 2 aliphatic rings. The summed E-state index contributed by atoms with van der Waals surface area (Å²) in [7, 11) is 0. The standard InChI is InChI=1S/C14H18ClNO/c1-9-4-7-11(15)14-13(9)12(3-2-8-17-14)16-10-5-6-10/h4,7,10,12,16H,2-3,5-6,8H2,1H3. The van der Waals surface area contributed by atoms with Gasteiger partial charge in [-0.15, -0.1) is 0 Å². The fraction of sp³-hybridized carbons (Fsp3) is 0.571. The quantitative estimate of drug-likeness (QED) is 0.867. The number of fused-ring (bicyclic) bond motifs is 1. The van der Waals surface area contributed by atoms with Crippen LogP contribution in [0.15, 0.2) is 12.1 Å². The van der Waals surface area contributed by atoms with E-state index in [2.05, 4.69) is 18.3 Å². The molecule has 0 bridgehead atoms. The van der Waals surface area contributed by atoms with Crippen molar-refractivity contribution in [3.63, 3.8) is 0 Å². The Morgan fingerprint density at radius 2 is 2.12 bits per heavy atom. The third-order valence-electron chi connectivity index (χ3n) is 3.61. The topological polar surface area (TPSA) is 21.3 Å². The zero-order chi connectivity index (χ0) is 11.8. The Morgan fingerprint density at radius 3 is 2.88 bits per heavy atom. The van der Waals surface area contributed by atoms with Crippen LogP contribution in [-0.4, -0.2) is 12.6 Å². The molecule has 0 amide bonds. The minimum absolute atomic E-state index is 0.415. The lowest BCUT2D eigenvalue weighted by atomic mass is 9.97. The van der Waals surface area contributed by atoms with Crippen LogP contribution in [-0.2, 0) is 0 Å². The lowest BCUT2D eigenvalue weighted by molar-refractivity contribution is 0.315. The fourth-order valence-corrected chi connectivity index (χ4v) is 2.78. The number of hydrogen-bond acceptors (Lipinski definition) is 2. The SMILES string of the molecule is Cc1ccc(Cl)c2c1C(NC1CC1)CCCO2. The van der Waals surface area contributed by atoms with Crippen molar-refractivity contribution in [1.82, 2.24) is 5.32 Å². The van der Waals surface area contributed by atoms with Crippen molar-refractivity contribution in [2.75, 3.05) is 6.61 Å². The van der Waals surface area contributed by atoms with Crippen LogP contribution in [0, 0.1) is 6.92 Å². The van der Waals surface area contributed by atoms with E-state index >= 15 is 0 Å². The highest BCUT2D eigenvalue weighted by molar-refractivity contribution is 6.32. The molecule has 92 valence electrons. The van der Waals surface area contributed by atoms with E-state index in [0.717, 1.165) is 30.2 Å².